The van der Waals surface area contributed by atoms with Crippen molar-refractivity contribution in [3.8, 4) is 16.9 Å². The van der Waals surface area contributed by atoms with E-state index in [1.807, 2.05) is 54.6 Å². The second-order valence-corrected chi connectivity index (χ2v) is 4.26. The van der Waals surface area contributed by atoms with Crippen molar-refractivity contribution in [2.45, 2.75) is 0 Å². The fourth-order valence-electron chi connectivity index (χ4n) is 1.73. The summed E-state index contributed by atoms with van der Waals surface area (Å²) < 4.78 is 5.48. The summed E-state index contributed by atoms with van der Waals surface area (Å²) in [5.41, 5.74) is 2.16. The number of rotatable bonds is 5. The lowest BCUT2D eigenvalue weighted by atomic mass is 10.1. The minimum absolute atomic E-state index is 0.0530. The highest BCUT2D eigenvalue weighted by molar-refractivity contribution is 5.76. The number of hydroxylamine groups is 2. The lowest BCUT2D eigenvalue weighted by molar-refractivity contribution is -0.170. The maximum Gasteiger partial charge on any atom is 0.283 e. The molecule has 4 nitrogen and oxygen atoms in total. The second-order valence-electron chi connectivity index (χ2n) is 4.26. The van der Waals surface area contributed by atoms with E-state index in [1.165, 1.54) is 7.11 Å². The van der Waals surface area contributed by atoms with Crippen LogP contribution in [0.4, 0.5) is 0 Å². The number of nitrogens with zero attached hydrogens (tertiary/aromatic N) is 1. The maximum absolute atomic E-state index is 11.6. The Morgan fingerprint density at radius 2 is 1.75 bits per heavy atom. The highest BCUT2D eigenvalue weighted by atomic mass is 16.7. The highest BCUT2D eigenvalue weighted by Crippen LogP contribution is 2.23. The summed E-state index contributed by atoms with van der Waals surface area (Å²) in [6, 6.07) is 17.7. The van der Waals surface area contributed by atoms with Gasteiger partial charge in [-0.05, 0) is 23.3 Å². The molecule has 2 aromatic rings. The number of ether oxygens (including phenoxy) is 1. The number of benzene rings is 2. The summed E-state index contributed by atoms with van der Waals surface area (Å²) in [7, 11) is 2.99. The Morgan fingerprint density at radius 1 is 1.05 bits per heavy atom. The van der Waals surface area contributed by atoms with E-state index >= 15 is 0 Å². The highest BCUT2D eigenvalue weighted by Gasteiger charge is 2.08. The first-order valence-corrected chi connectivity index (χ1v) is 6.29. The zero-order chi connectivity index (χ0) is 14.4. The summed E-state index contributed by atoms with van der Waals surface area (Å²) in [5.74, 6) is 0.418. The SMILES string of the molecule is CON(C)C(=O)COc1cccc(-c2ccccc2)c1. The normalized spacial score (nSPS) is 10.1. The van der Waals surface area contributed by atoms with Crippen LogP contribution in [-0.4, -0.2) is 31.7 Å². The minimum Gasteiger partial charge on any atom is -0.484 e. The molecule has 2 aromatic carbocycles. The Bertz CT molecular complexity index is 569. The van der Waals surface area contributed by atoms with Gasteiger partial charge in [0, 0.05) is 7.05 Å². The molecule has 0 aromatic heterocycles. The number of hydrogen-bond donors (Lipinski definition) is 0. The molecule has 0 aliphatic carbocycles. The third-order valence-corrected chi connectivity index (χ3v) is 2.93. The largest absolute Gasteiger partial charge is 0.484 e. The maximum atomic E-state index is 11.6. The van der Waals surface area contributed by atoms with Gasteiger partial charge in [0.15, 0.2) is 6.61 Å². The van der Waals surface area contributed by atoms with Crippen molar-refractivity contribution >= 4 is 5.91 Å². The number of carbonyl (C=O) groups excluding carboxylic acids is 1. The van der Waals surface area contributed by atoms with Crippen molar-refractivity contribution in [2.24, 2.45) is 0 Å². The van der Waals surface area contributed by atoms with Gasteiger partial charge in [0.05, 0.1) is 7.11 Å². The molecule has 0 bridgehead atoms. The molecule has 20 heavy (non-hydrogen) atoms. The molecular weight excluding hydrogens is 254 g/mol. The van der Waals surface area contributed by atoms with Crippen molar-refractivity contribution in [1.82, 2.24) is 5.06 Å². The minimum atomic E-state index is -0.238. The van der Waals surface area contributed by atoms with Crippen LogP contribution in [0.3, 0.4) is 0 Å². The van der Waals surface area contributed by atoms with Crippen LogP contribution >= 0.6 is 0 Å². The monoisotopic (exact) mass is 271 g/mol. The van der Waals surface area contributed by atoms with Crippen LogP contribution < -0.4 is 4.74 Å². The lowest BCUT2D eigenvalue weighted by Gasteiger charge is -2.14. The van der Waals surface area contributed by atoms with E-state index < -0.39 is 0 Å². The molecule has 0 spiro atoms. The van der Waals surface area contributed by atoms with Gasteiger partial charge in [-0.1, -0.05) is 42.5 Å². The summed E-state index contributed by atoms with van der Waals surface area (Å²) in [6.07, 6.45) is 0. The molecule has 0 atom stereocenters. The standard InChI is InChI=1S/C16H17NO3/c1-17(19-2)16(18)12-20-15-10-6-9-14(11-15)13-7-4-3-5-8-13/h3-11H,12H2,1-2H3. The molecular formula is C16H17NO3. The van der Waals surface area contributed by atoms with E-state index in [2.05, 4.69) is 0 Å². The van der Waals surface area contributed by atoms with Gasteiger partial charge in [0.25, 0.3) is 5.91 Å². The molecule has 0 N–H and O–H groups in total. The Kier molecular flexibility index (Phi) is 4.74. The lowest BCUT2D eigenvalue weighted by Crippen LogP contribution is -2.30. The van der Waals surface area contributed by atoms with E-state index in [9.17, 15) is 4.79 Å². The number of amides is 1. The molecule has 0 aliphatic heterocycles. The molecule has 0 fully saturated rings. The van der Waals surface area contributed by atoms with Gasteiger partial charge in [-0.2, -0.15) is 0 Å². The van der Waals surface area contributed by atoms with Gasteiger partial charge >= 0.3 is 0 Å². The Balaban J connectivity index is 2.06. The molecule has 0 heterocycles. The Morgan fingerprint density at radius 3 is 2.45 bits per heavy atom. The van der Waals surface area contributed by atoms with Crippen LogP contribution in [0.1, 0.15) is 0 Å². The summed E-state index contributed by atoms with van der Waals surface area (Å²) in [4.78, 5) is 16.4. The smallest absolute Gasteiger partial charge is 0.283 e. The van der Waals surface area contributed by atoms with Crippen LogP contribution in [0.15, 0.2) is 54.6 Å². The average Bonchev–Trinajstić information content (AvgIpc) is 2.53. The van der Waals surface area contributed by atoms with Gasteiger partial charge in [-0.15, -0.1) is 0 Å². The molecule has 0 unspecified atom stereocenters. The van der Waals surface area contributed by atoms with Gasteiger partial charge in [0.2, 0.25) is 0 Å². The van der Waals surface area contributed by atoms with E-state index in [1.54, 1.807) is 7.05 Å². The number of carbonyl (C=O) groups is 1. The molecule has 104 valence electrons. The molecule has 0 radical (unpaired) electrons. The first-order valence-electron chi connectivity index (χ1n) is 6.29. The van der Waals surface area contributed by atoms with Crippen LogP contribution in [0, 0.1) is 0 Å². The van der Waals surface area contributed by atoms with Crippen LogP contribution in [0.5, 0.6) is 5.75 Å². The zero-order valence-corrected chi connectivity index (χ0v) is 11.6. The van der Waals surface area contributed by atoms with Crippen LogP contribution in [-0.2, 0) is 9.63 Å². The Labute approximate surface area is 118 Å². The summed E-state index contributed by atoms with van der Waals surface area (Å²) in [5, 5.41) is 1.14. The van der Waals surface area contributed by atoms with Crippen molar-refractivity contribution in [3.05, 3.63) is 54.6 Å². The third kappa shape index (κ3) is 3.59. The second kappa shape index (κ2) is 6.73. The summed E-state index contributed by atoms with van der Waals surface area (Å²) >= 11 is 0. The van der Waals surface area contributed by atoms with E-state index in [4.69, 9.17) is 9.57 Å². The van der Waals surface area contributed by atoms with Gasteiger partial charge in [-0.3, -0.25) is 9.63 Å². The molecule has 0 aliphatic rings. The van der Waals surface area contributed by atoms with Crippen molar-refractivity contribution in [2.75, 3.05) is 20.8 Å². The topological polar surface area (TPSA) is 38.8 Å². The van der Waals surface area contributed by atoms with Crippen LogP contribution in [0.2, 0.25) is 0 Å². The predicted octanol–water partition coefficient (Wildman–Crippen LogP) is 2.75. The van der Waals surface area contributed by atoms with E-state index in [-0.39, 0.29) is 12.5 Å². The molecule has 2 rings (SSSR count). The number of hydrogen-bond acceptors (Lipinski definition) is 3. The quantitative estimate of drug-likeness (QED) is 0.785. The fraction of sp³-hybridized carbons (Fsp3) is 0.188. The van der Waals surface area contributed by atoms with Gasteiger partial charge in [0.1, 0.15) is 5.75 Å². The number of likely N-dealkylation sites (N-methyl/N-ethyl adjacent to an activating group) is 1. The first-order chi connectivity index (χ1) is 9.70. The third-order valence-electron chi connectivity index (χ3n) is 2.93. The molecule has 4 heteroatoms. The summed E-state index contributed by atoms with van der Waals surface area (Å²) in [6.45, 7) is -0.0530. The van der Waals surface area contributed by atoms with E-state index in [0.29, 0.717) is 5.75 Å². The first kappa shape index (κ1) is 14.1. The fourth-order valence-corrected chi connectivity index (χ4v) is 1.73. The van der Waals surface area contributed by atoms with Gasteiger partial charge < -0.3 is 4.74 Å². The average molecular weight is 271 g/mol. The molecule has 1 amide bonds. The predicted molar refractivity (Wildman–Crippen MR) is 77.2 cm³/mol. The van der Waals surface area contributed by atoms with Crippen molar-refractivity contribution < 1.29 is 14.4 Å². The molecule has 0 saturated heterocycles. The van der Waals surface area contributed by atoms with Crippen LogP contribution in [0.25, 0.3) is 11.1 Å². The van der Waals surface area contributed by atoms with E-state index in [0.717, 1.165) is 16.2 Å². The van der Waals surface area contributed by atoms with Crippen molar-refractivity contribution in [1.29, 1.82) is 0 Å². The van der Waals surface area contributed by atoms with Crippen molar-refractivity contribution in [3.63, 3.8) is 0 Å². The Hall–Kier alpha value is -2.33. The molecule has 0 saturated carbocycles. The van der Waals surface area contributed by atoms with Gasteiger partial charge in [-0.25, -0.2) is 5.06 Å². The zero-order valence-electron chi connectivity index (χ0n) is 11.6.